The number of hydrogen-bond donors (Lipinski definition) is 1. The van der Waals surface area contributed by atoms with Crippen LogP contribution in [0.1, 0.15) is 5.56 Å². The number of thiol groups is 1. The van der Waals surface area contributed by atoms with Gasteiger partial charge < -0.3 is 0 Å². The SMILES string of the molecule is N#Cc1cc(F)c(SC(=O)S)cc1Cl. The third-order valence-electron chi connectivity index (χ3n) is 1.34. The van der Waals surface area contributed by atoms with E-state index in [9.17, 15) is 9.18 Å². The maximum atomic E-state index is 13.2. The third-order valence-corrected chi connectivity index (χ3v) is 2.63. The number of halogens is 2. The summed E-state index contributed by atoms with van der Waals surface area (Å²) in [6, 6.07) is 3.95. The lowest BCUT2D eigenvalue weighted by Gasteiger charge is -2.01. The molecule has 72 valence electrons. The highest BCUT2D eigenvalue weighted by atomic mass is 35.5. The molecule has 0 heterocycles. The molecule has 14 heavy (non-hydrogen) atoms. The van der Waals surface area contributed by atoms with Gasteiger partial charge in [-0.25, -0.2) is 4.39 Å². The van der Waals surface area contributed by atoms with Crippen molar-refractivity contribution >= 4 is 40.4 Å². The summed E-state index contributed by atoms with van der Waals surface area (Å²) in [5.41, 5.74) is 0.0418. The molecular weight excluding hydrogens is 245 g/mol. The van der Waals surface area contributed by atoms with Crippen molar-refractivity contribution in [1.29, 1.82) is 5.26 Å². The van der Waals surface area contributed by atoms with Crippen LogP contribution >= 0.6 is 36.0 Å². The average Bonchev–Trinajstić information content (AvgIpc) is 2.10. The van der Waals surface area contributed by atoms with Crippen LogP contribution in [0.5, 0.6) is 0 Å². The van der Waals surface area contributed by atoms with Gasteiger partial charge in [-0.1, -0.05) is 24.2 Å². The molecule has 2 nitrogen and oxygen atoms in total. The third kappa shape index (κ3) is 2.64. The Morgan fingerprint density at radius 1 is 1.64 bits per heavy atom. The summed E-state index contributed by atoms with van der Waals surface area (Å²) in [4.78, 5) is 10.6. The van der Waals surface area contributed by atoms with Gasteiger partial charge in [0.25, 0.3) is 0 Å². The Morgan fingerprint density at radius 2 is 2.29 bits per heavy atom. The fourth-order valence-electron chi connectivity index (χ4n) is 0.787. The molecule has 0 fully saturated rings. The Labute approximate surface area is 94.5 Å². The molecule has 0 atom stereocenters. The molecule has 0 spiro atoms. The van der Waals surface area contributed by atoms with Crippen LogP contribution in [0.3, 0.4) is 0 Å². The van der Waals surface area contributed by atoms with E-state index in [0.29, 0.717) is 11.8 Å². The van der Waals surface area contributed by atoms with E-state index in [1.807, 2.05) is 0 Å². The molecule has 0 aliphatic rings. The summed E-state index contributed by atoms with van der Waals surface area (Å²) in [6.45, 7) is 0. The summed E-state index contributed by atoms with van der Waals surface area (Å²) in [5.74, 6) is -0.654. The van der Waals surface area contributed by atoms with E-state index in [0.717, 1.165) is 6.07 Å². The Hall–Kier alpha value is -0.700. The van der Waals surface area contributed by atoms with Gasteiger partial charge in [0.2, 0.25) is 4.45 Å². The first kappa shape index (κ1) is 11.4. The first-order valence-corrected chi connectivity index (χ1v) is 4.98. The topological polar surface area (TPSA) is 40.9 Å². The lowest BCUT2D eigenvalue weighted by atomic mass is 10.2. The number of benzene rings is 1. The smallest absolute Gasteiger partial charge is 0.247 e. The molecule has 0 unspecified atom stereocenters. The molecule has 0 bridgehead atoms. The van der Waals surface area contributed by atoms with E-state index < -0.39 is 10.3 Å². The summed E-state index contributed by atoms with van der Waals surface area (Å²) < 4.78 is 12.6. The maximum Gasteiger partial charge on any atom is 0.247 e. The van der Waals surface area contributed by atoms with E-state index in [1.165, 1.54) is 6.07 Å². The molecule has 0 aliphatic carbocycles. The van der Waals surface area contributed by atoms with E-state index >= 15 is 0 Å². The van der Waals surface area contributed by atoms with Crippen LogP contribution in [-0.2, 0) is 0 Å². The molecule has 6 heteroatoms. The average molecular weight is 248 g/mol. The summed E-state index contributed by atoms with van der Waals surface area (Å²) in [6.07, 6.45) is 0. The molecule has 1 aromatic carbocycles. The first-order valence-electron chi connectivity index (χ1n) is 3.34. The Bertz CT molecular complexity index is 430. The zero-order chi connectivity index (χ0) is 10.7. The summed E-state index contributed by atoms with van der Waals surface area (Å²) in [7, 11) is 0. The van der Waals surface area contributed by atoms with Gasteiger partial charge in [0.15, 0.2) is 0 Å². The van der Waals surface area contributed by atoms with Crippen LogP contribution in [-0.4, -0.2) is 4.45 Å². The minimum Gasteiger partial charge on any atom is -0.274 e. The van der Waals surface area contributed by atoms with Crippen molar-refractivity contribution in [3.63, 3.8) is 0 Å². The zero-order valence-electron chi connectivity index (χ0n) is 6.62. The van der Waals surface area contributed by atoms with Crippen molar-refractivity contribution in [2.75, 3.05) is 0 Å². The number of rotatable bonds is 1. The molecule has 0 amide bonds. The minimum absolute atomic E-state index is 0.0418. The molecule has 1 rings (SSSR count). The quantitative estimate of drug-likeness (QED) is 0.610. The minimum atomic E-state index is -0.654. The molecule has 0 aliphatic heterocycles. The number of carbonyl (C=O) groups excluding carboxylic acids is 1. The fourth-order valence-corrected chi connectivity index (χ4v) is 1.87. The monoisotopic (exact) mass is 247 g/mol. The highest BCUT2D eigenvalue weighted by molar-refractivity contribution is 8.32. The van der Waals surface area contributed by atoms with E-state index in [-0.39, 0.29) is 15.5 Å². The van der Waals surface area contributed by atoms with Crippen molar-refractivity contribution in [2.45, 2.75) is 4.90 Å². The van der Waals surface area contributed by atoms with Crippen LogP contribution in [0.25, 0.3) is 0 Å². The van der Waals surface area contributed by atoms with Crippen molar-refractivity contribution in [3.8, 4) is 6.07 Å². The van der Waals surface area contributed by atoms with Crippen LogP contribution in [0.2, 0.25) is 5.02 Å². The maximum absolute atomic E-state index is 13.2. The van der Waals surface area contributed by atoms with Gasteiger partial charge in [0.05, 0.1) is 15.5 Å². The number of nitriles is 1. The Balaban J connectivity index is 3.16. The van der Waals surface area contributed by atoms with Gasteiger partial charge in [0.1, 0.15) is 11.9 Å². The van der Waals surface area contributed by atoms with Crippen LogP contribution in [0.4, 0.5) is 9.18 Å². The molecular formula is C8H3ClFNOS2. The van der Waals surface area contributed by atoms with Gasteiger partial charge in [-0.05, 0) is 23.9 Å². The summed E-state index contributed by atoms with van der Waals surface area (Å²) in [5, 5.41) is 8.64. The van der Waals surface area contributed by atoms with Gasteiger partial charge in [-0.2, -0.15) is 5.26 Å². The van der Waals surface area contributed by atoms with Crippen LogP contribution in [0.15, 0.2) is 17.0 Å². The van der Waals surface area contributed by atoms with Crippen molar-refractivity contribution in [3.05, 3.63) is 28.5 Å². The number of carbonyl (C=O) groups is 1. The van der Waals surface area contributed by atoms with Crippen LogP contribution < -0.4 is 0 Å². The highest BCUT2D eigenvalue weighted by Gasteiger charge is 2.10. The lowest BCUT2D eigenvalue weighted by Crippen LogP contribution is -1.87. The van der Waals surface area contributed by atoms with Gasteiger partial charge in [0, 0.05) is 0 Å². The van der Waals surface area contributed by atoms with Crippen LogP contribution in [0, 0.1) is 17.1 Å². The Morgan fingerprint density at radius 3 is 2.79 bits per heavy atom. The van der Waals surface area contributed by atoms with E-state index in [2.05, 4.69) is 12.6 Å². The Kier molecular flexibility index (Phi) is 3.81. The van der Waals surface area contributed by atoms with Crippen molar-refractivity contribution in [1.82, 2.24) is 0 Å². The molecule has 0 saturated heterocycles. The normalized spacial score (nSPS) is 9.57. The van der Waals surface area contributed by atoms with Gasteiger partial charge in [-0.15, -0.1) is 0 Å². The lowest BCUT2D eigenvalue weighted by molar-refractivity contribution is 0.277. The molecule has 0 saturated carbocycles. The molecule has 0 radical (unpaired) electrons. The van der Waals surface area contributed by atoms with E-state index in [4.69, 9.17) is 16.9 Å². The number of nitrogens with zero attached hydrogens (tertiary/aromatic N) is 1. The first-order chi connectivity index (χ1) is 6.54. The van der Waals surface area contributed by atoms with Crippen molar-refractivity contribution < 1.29 is 9.18 Å². The van der Waals surface area contributed by atoms with Gasteiger partial charge in [-0.3, -0.25) is 4.79 Å². The van der Waals surface area contributed by atoms with Gasteiger partial charge >= 0.3 is 0 Å². The molecule has 1 aromatic rings. The zero-order valence-corrected chi connectivity index (χ0v) is 9.09. The largest absolute Gasteiger partial charge is 0.274 e. The standard InChI is InChI=1S/C8H3ClFNOS2/c9-5-2-7(14-8(12)13)6(10)1-4(5)3-11/h1-2H,(H,12,13). The highest BCUT2D eigenvalue weighted by Crippen LogP contribution is 2.29. The number of thioether (sulfide) groups is 1. The molecule has 0 aromatic heterocycles. The number of hydrogen-bond acceptors (Lipinski definition) is 3. The second-order valence-corrected chi connectivity index (χ2v) is 4.37. The van der Waals surface area contributed by atoms with Crippen molar-refractivity contribution in [2.24, 2.45) is 0 Å². The predicted molar refractivity (Wildman–Crippen MR) is 56.4 cm³/mol. The second-order valence-electron chi connectivity index (χ2n) is 2.24. The predicted octanol–water partition coefficient (Wildman–Crippen LogP) is 3.49. The summed E-state index contributed by atoms with van der Waals surface area (Å²) >= 11 is 9.75. The fraction of sp³-hybridized carbons (Fsp3) is 0. The van der Waals surface area contributed by atoms with E-state index in [1.54, 1.807) is 6.07 Å². The second kappa shape index (κ2) is 4.69. The molecule has 0 N–H and O–H groups in total.